The summed E-state index contributed by atoms with van der Waals surface area (Å²) in [5, 5.41) is 2.09. The third-order valence-electron chi connectivity index (χ3n) is 5.48. The Labute approximate surface area is 209 Å². The van der Waals surface area contributed by atoms with Gasteiger partial charge in [-0.25, -0.2) is 4.98 Å². The minimum Gasteiger partial charge on any atom is -0.347 e. The van der Waals surface area contributed by atoms with E-state index in [1.54, 1.807) is 59.4 Å². The predicted molar refractivity (Wildman–Crippen MR) is 135 cm³/mol. The van der Waals surface area contributed by atoms with Crippen molar-refractivity contribution < 1.29 is 19.2 Å². The highest BCUT2D eigenvalue weighted by atomic mass is 32.2. The average Bonchev–Trinajstić information content (AvgIpc) is 3.42. The van der Waals surface area contributed by atoms with Crippen molar-refractivity contribution in [1.29, 1.82) is 0 Å². The smallest absolute Gasteiger partial charge is 0.294 e. The number of hydrogen-bond acceptors (Lipinski definition) is 7. The number of imidazole rings is 1. The van der Waals surface area contributed by atoms with Gasteiger partial charge in [-0.2, -0.15) is 0 Å². The fourth-order valence-electron chi connectivity index (χ4n) is 3.78. The van der Waals surface area contributed by atoms with E-state index in [1.165, 1.54) is 0 Å². The first-order chi connectivity index (χ1) is 17.5. The van der Waals surface area contributed by atoms with Crippen molar-refractivity contribution in [3.63, 3.8) is 0 Å². The molecule has 0 spiro atoms. The number of fused-ring (bicyclic) bond motifs is 1. The van der Waals surface area contributed by atoms with Crippen molar-refractivity contribution in [1.82, 2.24) is 24.6 Å². The fraction of sp³-hybridized carbons (Fsp3) is 0.0769. The summed E-state index contributed by atoms with van der Waals surface area (Å²) in [5.74, 6) is -2.07. The molecule has 3 aromatic heterocycles. The van der Waals surface area contributed by atoms with E-state index in [1.807, 2.05) is 30.3 Å². The molecule has 1 aromatic carbocycles. The molecular weight excluding hydrogens is 478 g/mol. The molecule has 1 N–H and O–H groups in total. The van der Waals surface area contributed by atoms with E-state index in [0.29, 0.717) is 22.5 Å². The molecule has 1 saturated heterocycles. The number of nitrogens with zero attached hydrogens (tertiary/aromatic N) is 4. The number of thioether (sulfide) groups is 1. The molecule has 0 radical (unpaired) electrons. The van der Waals surface area contributed by atoms with E-state index >= 15 is 0 Å². The number of carbonyl (C=O) groups excluding carboxylic acids is 4. The zero-order valence-electron chi connectivity index (χ0n) is 18.8. The van der Waals surface area contributed by atoms with Gasteiger partial charge in [0.1, 0.15) is 17.0 Å². The molecule has 4 aromatic rings. The number of Topliss-reactive ketones (excluding diaryl/α,β-unsaturated/α-hetero) is 1. The van der Waals surface area contributed by atoms with Crippen LogP contribution in [-0.2, 0) is 9.59 Å². The number of rotatable bonds is 7. The second-order valence-electron chi connectivity index (χ2n) is 7.81. The van der Waals surface area contributed by atoms with E-state index in [-0.39, 0.29) is 23.7 Å². The summed E-state index contributed by atoms with van der Waals surface area (Å²) in [6, 6.07) is 17.9. The van der Waals surface area contributed by atoms with Crippen molar-refractivity contribution in [2.24, 2.45) is 0 Å². The first kappa shape index (κ1) is 23.2. The van der Waals surface area contributed by atoms with Crippen LogP contribution in [0.25, 0.3) is 23.0 Å². The van der Waals surface area contributed by atoms with E-state index < -0.39 is 22.8 Å². The molecule has 3 amide bonds. The Kier molecular flexibility index (Phi) is 6.42. The van der Waals surface area contributed by atoms with Crippen LogP contribution in [0.5, 0.6) is 0 Å². The molecule has 178 valence electrons. The quantitative estimate of drug-likeness (QED) is 0.236. The largest absolute Gasteiger partial charge is 0.347 e. The Morgan fingerprint density at radius 2 is 1.81 bits per heavy atom. The van der Waals surface area contributed by atoms with Crippen LogP contribution >= 0.6 is 11.8 Å². The minimum atomic E-state index is -0.851. The molecule has 0 unspecified atom stereocenters. The number of carbonyl (C=O) groups is 4. The standard InChI is InChI=1S/C26H19N5O4S/c32-23(22-21(18-8-2-1-3-9-18)29-20-10-4-5-13-30(20)22)24(33)28-12-14-31-25(34)19(36-26(31)35)15-17-7-6-11-27-16-17/h1-11,13,15-16H,12,14H2,(H,28,33). The Morgan fingerprint density at radius 3 is 2.58 bits per heavy atom. The van der Waals surface area contributed by atoms with Crippen molar-refractivity contribution >= 4 is 46.3 Å². The normalized spacial score (nSPS) is 14.6. The molecule has 4 heterocycles. The minimum absolute atomic E-state index is 0.0627. The topological polar surface area (TPSA) is 114 Å². The van der Waals surface area contributed by atoms with Crippen molar-refractivity contribution in [2.45, 2.75) is 0 Å². The van der Waals surface area contributed by atoms with Gasteiger partial charge in [0.25, 0.3) is 22.8 Å². The lowest BCUT2D eigenvalue weighted by molar-refractivity contribution is -0.123. The lowest BCUT2D eigenvalue weighted by Crippen LogP contribution is -2.40. The Hall–Kier alpha value is -4.57. The van der Waals surface area contributed by atoms with Crippen LogP contribution in [0.2, 0.25) is 0 Å². The van der Waals surface area contributed by atoms with Gasteiger partial charge in [-0.3, -0.25) is 33.5 Å². The highest BCUT2D eigenvalue weighted by Crippen LogP contribution is 2.31. The Morgan fingerprint density at radius 1 is 1.00 bits per heavy atom. The number of benzene rings is 1. The summed E-state index contributed by atoms with van der Waals surface area (Å²) in [6.07, 6.45) is 6.46. The summed E-state index contributed by atoms with van der Waals surface area (Å²) in [4.78, 5) is 60.9. The molecular formula is C26H19N5O4S. The first-order valence-electron chi connectivity index (χ1n) is 11.0. The van der Waals surface area contributed by atoms with Crippen LogP contribution in [0.15, 0.2) is 84.2 Å². The number of nitrogens with one attached hydrogen (secondary N) is 1. The van der Waals surface area contributed by atoms with Gasteiger partial charge in [0.15, 0.2) is 0 Å². The van der Waals surface area contributed by atoms with E-state index in [9.17, 15) is 19.2 Å². The zero-order valence-corrected chi connectivity index (χ0v) is 19.6. The number of imide groups is 1. The molecule has 0 saturated carbocycles. The maximum Gasteiger partial charge on any atom is 0.294 e. The van der Waals surface area contributed by atoms with Gasteiger partial charge in [-0.1, -0.05) is 42.5 Å². The summed E-state index contributed by atoms with van der Waals surface area (Å²) in [6.45, 7) is -0.132. The van der Waals surface area contributed by atoms with Crippen molar-refractivity contribution in [2.75, 3.05) is 13.1 Å². The lowest BCUT2D eigenvalue weighted by Gasteiger charge is -2.13. The van der Waals surface area contributed by atoms with E-state index in [0.717, 1.165) is 16.7 Å². The number of aromatic nitrogens is 3. The molecule has 36 heavy (non-hydrogen) atoms. The molecule has 5 rings (SSSR count). The average molecular weight is 498 g/mol. The molecule has 0 bridgehead atoms. The number of hydrogen-bond donors (Lipinski definition) is 1. The number of amides is 3. The number of pyridine rings is 2. The van der Waals surface area contributed by atoms with Gasteiger partial charge in [0.05, 0.1) is 4.91 Å². The van der Waals surface area contributed by atoms with Crippen LogP contribution in [-0.4, -0.2) is 55.2 Å². The molecule has 1 aliphatic rings. The Bertz CT molecular complexity index is 1520. The molecule has 0 aliphatic carbocycles. The second-order valence-corrected chi connectivity index (χ2v) is 8.80. The highest BCUT2D eigenvalue weighted by Gasteiger charge is 2.35. The summed E-state index contributed by atoms with van der Waals surface area (Å²) >= 11 is 0.820. The van der Waals surface area contributed by atoms with Gasteiger partial charge in [0.2, 0.25) is 0 Å². The highest BCUT2D eigenvalue weighted by molar-refractivity contribution is 8.18. The van der Waals surface area contributed by atoms with Crippen molar-refractivity contribution in [3.8, 4) is 11.3 Å². The fourth-order valence-corrected chi connectivity index (χ4v) is 4.65. The Balaban J connectivity index is 1.29. The van der Waals surface area contributed by atoms with Crippen LogP contribution in [0.4, 0.5) is 4.79 Å². The summed E-state index contributed by atoms with van der Waals surface area (Å²) < 4.78 is 1.57. The monoisotopic (exact) mass is 497 g/mol. The lowest BCUT2D eigenvalue weighted by atomic mass is 10.1. The molecule has 9 nitrogen and oxygen atoms in total. The van der Waals surface area contributed by atoms with Gasteiger partial charge in [-0.05, 0) is 41.6 Å². The summed E-state index contributed by atoms with van der Waals surface area (Å²) in [7, 11) is 0. The predicted octanol–water partition coefficient (Wildman–Crippen LogP) is 3.43. The zero-order chi connectivity index (χ0) is 25.1. The van der Waals surface area contributed by atoms with Crippen LogP contribution in [0.1, 0.15) is 16.1 Å². The van der Waals surface area contributed by atoms with E-state index in [4.69, 9.17) is 0 Å². The molecule has 0 atom stereocenters. The van der Waals surface area contributed by atoms with Crippen molar-refractivity contribution in [3.05, 3.63) is 95.4 Å². The SMILES string of the molecule is O=C(NCCN1C(=O)SC(=Cc2cccnc2)C1=O)C(=O)c1c(-c2ccccc2)nc2ccccn12. The molecule has 1 fully saturated rings. The van der Waals surface area contributed by atoms with E-state index in [2.05, 4.69) is 15.3 Å². The van der Waals surface area contributed by atoms with Gasteiger partial charge in [-0.15, -0.1) is 0 Å². The van der Waals surface area contributed by atoms with Gasteiger partial charge >= 0.3 is 0 Å². The van der Waals surface area contributed by atoms with Gasteiger partial charge < -0.3 is 5.32 Å². The molecule has 10 heteroatoms. The number of ketones is 1. The molecule has 1 aliphatic heterocycles. The maximum absolute atomic E-state index is 13.2. The first-order valence-corrected chi connectivity index (χ1v) is 11.8. The summed E-state index contributed by atoms with van der Waals surface area (Å²) in [5.41, 5.74) is 2.47. The van der Waals surface area contributed by atoms with Crippen LogP contribution in [0, 0.1) is 0 Å². The maximum atomic E-state index is 13.2. The third kappa shape index (κ3) is 4.53. The second kappa shape index (κ2) is 9.96. The van der Waals surface area contributed by atoms with Gasteiger partial charge in [0, 0.05) is 37.2 Å². The van der Waals surface area contributed by atoms with Crippen LogP contribution in [0.3, 0.4) is 0 Å². The van der Waals surface area contributed by atoms with Crippen LogP contribution < -0.4 is 5.32 Å². The third-order valence-corrected chi connectivity index (χ3v) is 6.38.